The quantitative estimate of drug-likeness (QED) is 0.375. The van der Waals surface area contributed by atoms with Gasteiger partial charge in [-0.3, -0.25) is 4.79 Å². The van der Waals surface area contributed by atoms with Crippen LogP contribution < -0.4 is 9.47 Å². The molecule has 0 N–H and O–H groups in total. The fourth-order valence-electron chi connectivity index (χ4n) is 4.20. The molecule has 0 amide bonds. The van der Waals surface area contributed by atoms with Crippen LogP contribution in [0.1, 0.15) is 46.5 Å². The second kappa shape index (κ2) is 10.00. The van der Waals surface area contributed by atoms with Crippen molar-refractivity contribution in [2.24, 2.45) is 0 Å². The summed E-state index contributed by atoms with van der Waals surface area (Å²) in [5.41, 5.74) is 7.53. The molecule has 0 saturated carbocycles. The van der Waals surface area contributed by atoms with E-state index in [0.29, 0.717) is 25.4 Å². The van der Waals surface area contributed by atoms with Gasteiger partial charge in [-0.25, -0.2) is 0 Å². The summed E-state index contributed by atoms with van der Waals surface area (Å²) in [4.78, 5) is 10.8. The van der Waals surface area contributed by atoms with Crippen LogP contribution in [0.15, 0.2) is 54.6 Å². The molecule has 0 radical (unpaired) electrons. The maximum atomic E-state index is 10.8. The lowest BCUT2D eigenvalue weighted by Gasteiger charge is -2.19. The molecule has 1 saturated heterocycles. The van der Waals surface area contributed by atoms with Gasteiger partial charge >= 0.3 is 0 Å². The lowest BCUT2D eigenvalue weighted by atomic mass is 9.92. The zero-order valence-electron chi connectivity index (χ0n) is 20.5. The molecule has 0 bridgehead atoms. The van der Waals surface area contributed by atoms with Gasteiger partial charge in [-0.1, -0.05) is 18.2 Å². The van der Waals surface area contributed by atoms with Crippen LogP contribution in [0.5, 0.6) is 11.5 Å². The summed E-state index contributed by atoms with van der Waals surface area (Å²) in [5, 5.41) is 0. The van der Waals surface area contributed by atoms with Crippen molar-refractivity contribution in [3.8, 4) is 22.6 Å². The Morgan fingerprint density at radius 2 is 1.74 bits per heavy atom. The minimum Gasteiger partial charge on any atom is -0.491 e. The number of rotatable bonds is 8. The van der Waals surface area contributed by atoms with Gasteiger partial charge in [0.2, 0.25) is 0 Å². The van der Waals surface area contributed by atoms with E-state index in [1.165, 1.54) is 16.7 Å². The molecule has 178 valence electrons. The van der Waals surface area contributed by atoms with Crippen LogP contribution in [0.3, 0.4) is 0 Å². The van der Waals surface area contributed by atoms with Crippen molar-refractivity contribution in [3.05, 3.63) is 82.4 Å². The summed E-state index contributed by atoms with van der Waals surface area (Å²) in [6.07, 6.45) is 0.762. The third-order valence-electron chi connectivity index (χ3n) is 6.16. The SMILES string of the molecule is Cc1cc(-c2cccc(COc3ccc(C=O)cc3)c2C)c(C)cc1OC[C@H]1COC(C)(C)O1. The van der Waals surface area contributed by atoms with Gasteiger partial charge in [0.15, 0.2) is 5.79 Å². The third-order valence-corrected chi connectivity index (χ3v) is 6.16. The second-order valence-corrected chi connectivity index (χ2v) is 9.26. The molecule has 1 atom stereocenters. The van der Waals surface area contributed by atoms with Gasteiger partial charge in [0.25, 0.3) is 0 Å². The molecule has 3 aromatic rings. The summed E-state index contributed by atoms with van der Waals surface area (Å²) in [7, 11) is 0. The van der Waals surface area contributed by atoms with E-state index in [9.17, 15) is 4.79 Å². The van der Waals surface area contributed by atoms with E-state index in [0.717, 1.165) is 34.5 Å². The average Bonchev–Trinajstić information content (AvgIpc) is 3.17. The first-order chi connectivity index (χ1) is 16.3. The number of hydrogen-bond acceptors (Lipinski definition) is 5. The van der Waals surface area contributed by atoms with Crippen molar-refractivity contribution >= 4 is 6.29 Å². The van der Waals surface area contributed by atoms with E-state index in [4.69, 9.17) is 18.9 Å². The molecule has 3 aromatic carbocycles. The maximum absolute atomic E-state index is 10.8. The molecular formula is C29H32O5. The highest BCUT2D eigenvalue weighted by Crippen LogP contribution is 2.34. The lowest BCUT2D eigenvalue weighted by Crippen LogP contribution is -2.25. The van der Waals surface area contributed by atoms with Gasteiger partial charge in [-0.15, -0.1) is 0 Å². The first-order valence-corrected chi connectivity index (χ1v) is 11.6. The second-order valence-electron chi connectivity index (χ2n) is 9.26. The zero-order valence-corrected chi connectivity index (χ0v) is 20.5. The van der Waals surface area contributed by atoms with Crippen molar-refractivity contribution < 1.29 is 23.7 Å². The molecule has 0 spiro atoms. The van der Waals surface area contributed by atoms with Crippen molar-refractivity contribution in [1.29, 1.82) is 0 Å². The third kappa shape index (κ3) is 5.49. The molecule has 1 aliphatic rings. The Morgan fingerprint density at radius 3 is 2.41 bits per heavy atom. The Morgan fingerprint density at radius 1 is 0.971 bits per heavy atom. The number of carbonyl (C=O) groups is 1. The maximum Gasteiger partial charge on any atom is 0.163 e. The summed E-state index contributed by atoms with van der Waals surface area (Å²) in [6, 6.07) is 17.7. The van der Waals surface area contributed by atoms with E-state index in [2.05, 4.69) is 51.1 Å². The molecule has 0 aliphatic carbocycles. The van der Waals surface area contributed by atoms with Crippen LogP contribution in [-0.2, 0) is 16.1 Å². The van der Waals surface area contributed by atoms with Crippen molar-refractivity contribution in [1.82, 2.24) is 0 Å². The number of carbonyl (C=O) groups excluding carboxylic acids is 1. The normalized spacial score (nSPS) is 16.9. The summed E-state index contributed by atoms with van der Waals surface area (Å²) in [6.45, 7) is 11.6. The predicted molar refractivity (Wildman–Crippen MR) is 133 cm³/mol. The highest BCUT2D eigenvalue weighted by atomic mass is 16.7. The Kier molecular flexibility index (Phi) is 7.05. The fourth-order valence-corrected chi connectivity index (χ4v) is 4.20. The molecule has 0 aromatic heterocycles. The Labute approximate surface area is 201 Å². The van der Waals surface area contributed by atoms with Gasteiger partial charge < -0.3 is 18.9 Å². The molecule has 0 unspecified atom stereocenters. The van der Waals surface area contributed by atoms with Crippen molar-refractivity contribution in [3.63, 3.8) is 0 Å². The van der Waals surface area contributed by atoms with Gasteiger partial charge in [-0.05, 0) is 104 Å². The first kappa shape index (κ1) is 24.0. The van der Waals surface area contributed by atoms with Crippen LogP contribution in [0, 0.1) is 20.8 Å². The van der Waals surface area contributed by atoms with Gasteiger partial charge in [0, 0.05) is 5.56 Å². The highest BCUT2D eigenvalue weighted by Gasteiger charge is 2.33. The first-order valence-electron chi connectivity index (χ1n) is 11.6. The molecule has 4 rings (SSSR count). The van der Waals surface area contributed by atoms with Gasteiger partial charge in [-0.2, -0.15) is 0 Å². The monoisotopic (exact) mass is 460 g/mol. The van der Waals surface area contributed by atoms with E-state index in [1.807, 2.05) is 26.0 Å². The molecule has 1 fully saturated rings. The van der Waals surface area contributed by atoms with Crippen LogP contribution in [0.4, 0.5) is 0 Å². The summed E-state index contributed by atoms with van der Waals surface area (Å²) >= 11 is 0. The van der Waals surface area contributed by atoms with Crippen molar-refractivity contribution in [2.75, 3.05) is 13.2 Å². The van der Waals surface area contributed by atoms with Crippen LogP contribution in [0.25, 0.3) is 11.1 Å². The molecule has 5 nitrogen and oxygen atoms in total. The number of ether oxygens (including phenoxy) is 4. The average molecular weight is 461 g/mol. The standard InChI is InChI=1S/C29H32O5/c1-19-14-28(32-17-25-18-33-29(4,5)34-25)20(2)13-27(19)26-8-6-7-23(21(26)3)16-31-24-11-9-22(15-30)10-12-24/h6-15,25H,16-18H2,1-5H3/t25-/m0/s1. The number of aldehydes is 1. The number of benzene rings is 3. The number of hydrogen-bond donors (Lipinski definition) is 0. The molecule has 1 aliphatic heterocycles. The minimum atomic E-state index is -0.548. The van der Waals surface area contributed by atoms with Crippen LogP contribution in [0.2, 0.25) is 0 Å². The van der Waals surface area contributed by atoms with E-state index < -0.39 is 5.79 Å². The van der Waals surface area contributed by atoms with Gasteiger partial charge in [0.1, 0.15) is 37.1 Å². The number of aryl methyl sites for hydroxylation is 2. The smallest absolute Gasteiger partial charge is 0.163 e. The fraction of sp³-hybridized carbons (Fsp3) is 0.345. The lowest BCUT2D eigenvalue weighted by molar-refractivity contribution is -0.141. The molecule has 5 heteroatoms. The topological polar surface area (TPSA) is 54.0 Å². The minimum absolute atomic E-state index is 0.0667. The Bertz CT molecular complexity index is 1160. The van der Waals surface area contributed by atoms with E-state index in [1.54, 1.807) is 12.1 Å². The predicted octanol–water partition coefficient (Wildman–Crippen LogP) is 6.20. The molecule has 1 heterocycles. The van der Waals surface area contributed by atoms with Gasteiger partial charge in [0.05, 0.1) is 6.61 Å². The summed E-state index contributed by atoms with van der Waals surface area (Å²) in [5.74, 6) is 1.06. The summed E-state index contributed by atoms with van der Waals surface area (Å²) < 4.78 is 23.6. The van der Waals surface area contributed by atoms with E-state index in [-0.39, 0.29) is 6.10 Å². The Balaban J connectivity index is 1.48. The largest absolute Gasteiger partial charge is 0.491 e. The Hall–Kier alpha value is -3.15. The van der Waals surface area contributed by atoms with Crippen LogP contribution in [-0.4, -0.2) is 31.4 Å². The molecule has 34 heavy (non-hydrogen) atoms. The van der Waals surface area contributed by atoms with Crippen molar-refractivity contribution in [2.45, 2.75) is 53.1 Å². The highest BCUT2D eigenvalue weighted by molar-refractivity contribution is 5.75. The zero-order chi connectivity index (χ0) is 24.3. The van der Waals surface area contributed by atoms with Crippen LogP contribution >= 0.6 is 0 Å². The molecular weight excluding hydrogens is 428 g/mol. The van der Waals surface area contributed by atoms with E-state index >= 15 is 0 Å².